The zero-order valence-electron chi connectivity index (χ0n) is 11.1. The molecule has 0 aliphatic heterocycles. The Kier molecular flexibility index (Phi) is 5.34. The molecule has 0 aliphatic rings. The van der Waals surface area contributed by atoms with Gasteiger partial charge in [0.2, 0.25) is 0 Å². The van der Waals surface area contributed by atoms with Gasteiger partial charge in [-0.1, -0.05) is 6.92 Å². The first kappa shape index (κ1) is 14.7. The first-order chi connectivity index (χ1) is 8.49. The fourth-order valence-corrected chi connectivity index (χ4v) is 2.71. The van der Waals surface area contributed by atoms with E-state index < -0.39 is 0 Å². The predicted molar refractivity (Wildman–Crippen MR) is 79.8 cm³/mol. The van der Waals surface area contributed by atoms with Crippen LogP contribution in [0.25, 0.3) is 0 Å². The molecule has 100 valence electrons. The third kappa shape index (κ3) is 3.57. The molecule has 4 N–H and O–H groups in total. The molecule has 1 aromatic rings. The number of nitrogens with zero attached hydrogens (tertiary/aromatic N) is 1. The summed E-state index contributed by atoms with van der Waals surface area (Å²) in [4.78, 5) is 14.1. The average molecular weight is 267 g/mol. The highest BCUT2D eigenvalue weighted by molar-refractivity contribution is 7.98. The van der Waals surface area contributed by atoms with Gasteiger partial charge in [-0.2, -0.15) is 11.8 Å². The van der Waals surface area contributed by atoms with E-state index in [2.05, 4.69) is 6.92 Å². The number of nitrogen functional groups attached to an aromatic ring is 2. The van der Waals surface area contributed by atoms with E-state index in [4.69, 9.17) is 11.5 Å². The van der Waals surface area contributed by atoms with Crippen LogP contribution >= 0.6 is 11.8 Å². The Labute approximate surface area is 113 Å². The van der Waals surface area contributed by atoms with Gasteiger partial charge in [0.15, 0.2) is 0 Å². The second-order valence-electron chi connectivity index (χ2n) is 4.32. The number of anilines is 2. The zero-order chi connectivity index (χ0) is 13.7. The van der Waals surface area contributed by atoms with Gasteiger partial charge in [-0.15, -0.1) is 0 Å². The number of amides is 1. The molecule has 1 amide bonds. The van der Waals surface area contributed by atoms with E-state index in [0.29, 0.717) is 16.9 Å². The van der Waals surface area contributed by atoms with E-state index in [0.717, 1.165) is 12.2 Å². The maximum atomic E-state index is 12.3. The summed E-state index contributed by atoms with van der Waals surface area (Å²) in [6, 6.07) is 5.22. The molecule has 0 saturated carbocycles. The molecule has 0 aromatic heterocycles. The largest absolute Gasteiger partial charge is 0.399 e. The minimum Gasteiger partial charge on any atom is -0.399 e. The first-order valence-corrected chi connectivity index (χ1v) is 7.31. The molecule has 1 atom stereocenters. The minimum absolute atomic E-state index is 0.0325. The van der Waals surface area contributed by atoms with E-state index in [1.54, 1.807) is 34.9 Å². The van der Waals surface area contributed by atoms with E-state index in [9.17, 15) is 4.79 Å². The van der Waals surface area contributed by atoms with Crippen molar-refractivity contribution in [3.05, 3.63) is 23.8 Å². The highest BCUT2D eigenvalue weighted by atomic mass is 32.2. The number of carbonyl (C=O) groups is 1. The Morgan fingerprint density at radius 2 is 1.89 bits per heavy atom. The van der Waals surface area contributed by atoms with Crippen LogP contribution in [0.15, 0.2) is 18.2 Å². The molecule has 4 nitrogen and oxygen atoms in total. The van der Waals surface area contributed by atoms with Gasteiger partial charge in [0.25, 0.3) is 5.91 Å². The molecular weight excluding hydrogens is 246 g/mol. The van der Waals surface area contributed by atoms with Gasteiger partial charge in [0.1, 0.15) is 0 Å². The lowest BCUT2D eigenvalue weighted by molar-refractivity contribution is 0.0743. The summed E-state index contributed by atoms with van der Waals surface area (Å²) in [6.45, 7) is 2.08. The number of nitrogens with two attached hydrogens (primary N) is 2. The topological polar surface area (TPSA) is 72.3 Å². The van der Waals surface area contributed by atoms with Crippen molar-refractivity contribution >= 4 is 29.0 Å². The fourth-order valence-electron chi connectivity index (χ4n) is 1.87. The minimum atomic E-state index is -0.0325. The number of carbonyl (C=O) groups excluding carboxylic acids is 1. The first-order valence-electron chi connectivity index (χ1n) is 5.91. The van der Waals surface area contributed by atoms with Crippen LogP contribution in [0.4, 0.5) is 11.4 Å². The number of thioether (sulfide) groups is 1. The molecule has 0 aliphatic carbocycles. The maximum absolute atomic E-state index is 12.3. The monoisotopic (exact) mass is 267 g/mol. The summed E-state index contributed by atoms with van der Waals surface area (Å²) in [7, 11) is 1.83. The molecule has 0 radical (unpaired) electrons. The normalized spacial score (nSPS) is 12.2. The van der Waals surface area contributed by atoms with Crippen molar-refractivity contribution in [1.29, 1.82) is 0 Å². The molecule has 1 rings (SSSR count). The Morgan fingerprint density at radius 3 is 2.33 bits per heavy atom. The van der Waals surface area contributed by atoms with Gasteiger partial charge >= 0.3 is 0 Å². The van der Waals surface area contributed by atoms with Gasteiger partial charge in [0.05, 0.1) is 0 Å². The number of hydrogen-bond donors (Lipinski definition) is 2. The molecular formula is C13H21N3OS. The third-order valence-corrected chi connectivity index (χ3v) is 3.64. The molecule has 18 heavy (non-hydrogen) atoms. The van der Waals surface area contributed by atoms with Gasteiger partial charge in [0, 0.05) is 35.8 Å². The molecule has 5 heteroatoms. The highest BCUT2D eigenvalue weighted by Gasteiger charge is 2.19. The van der Waals surface area contributed by atoms with Crippen LogP contribution in [0.2, 0.25) is 0 Å². The van der Waals surface area contributed by atoms with Crippen molar-refractivity contribution in [2.24, 2.45) is 0 Å². The molecule has 1 unspecified atom stereocenters. The lowest BCUT2D eigenvalue weighted by Gasteiger charge is -2.27. The van der Waals surface area contributed by atoms with Gasteiger partial charge in [-0.25, -0.2) is 0 Å². The van der Waals surface area contributed by atoms with Crippen LogP contribution in [0, 0.1) is 0 Å². The van der Waals surface area contributed by atoms with Crippen molar-refractivity contribution in [2.45, 2.75) is 19.4 Å². The molecule has 0 bridgehead atoms. The lowest BCUT2D eigenvalue weighted by Crippen LogP contribution is -2.38. The zero-order valence-corrected chi connectivity index (χ0v) is 12.0. The molecule has 0 fully saturated rings. The summed E-state index contributed by atoms with van der Waals surface area (Å²) in [5.41, 5.74) is 13.0. The van der Waals surface area contributed by atoms with Crippen LogP contribution in [-0.2, 0) is 0 Å². The lowest BCUT2D eigenvalue weighted by atomic mass is 10.1. The Morgan fingerprint density at radius 1 is 1.33 bits per heavy atom. The van der Waals surface area contributed by atoms with Crippen LogP contribution in [0.1, 0.15) is 23.7 Å². The summed E-state index contributed by atoms with van der Waals surface area (Å²) >= 11 is 1.74. The van der Waals surface area contributed by atoms with E-state index in [1.165, 1.54) is 0 Å². The van der Waals surface area contributed by atoms with Crippen molar-refractivity contribution in [2.75, 3.05) is 30.5 Å². The summed E-state index contributed by atoms with van der Waals surface area (Å²) in [5.74, 6) is 0.895. The van der Waals surface area contributed by atoms with E-state index in [-0.39, 0.29) is 11.9 Å². The van der Waals surface area contributed by atoms with Crippen LogP contribution in [0.3, 0.4) is 0 Å². The summed E-state index contributed by atoms with van der Waals surface area (Å²) in [6.07, 6.45) is 2.97. The Bertz CT molecular complexity index is 402. The van der Waals surface area contributed by atoms with Crippen molar-refractivity contribution in [3.8, 4) is 0 Å². The van der Waals surface area contributed by atoms with Gasteiger partial charge in [-0.05, 0) is 30.9 Å². The van der Waals surface area contributed by atoms with Crippen LogP contribution in [-0.4, -0.2) is 35.9 Å². The second kappa shape index (κ2) is 6.54. The SMILES string of the molecule is CCC(CSC)N(C)C(=O)c1cc(N)cc(N)c1. The average Bonchev–Trinajstić information content (AvgIpc) is 2.33. The third-order valence-electron chi connectivity index (χ3n) is 2.92. The van der Waals surface area contributed by atoms with E-state index in [1.807, 2.05) is 13.3 Å². The molecule has 0 saturated heterocycles. The van der Waals surface area contributed by atoms with Crippen molar-refractivity contribution < 1.29 is 4.79 Å². The summed E-state index contributed by atoms with van der Waals surface area (Å²) in [5, 5.41) is 0. The molecule has 0 spiro atoms. The van der Waals surface area contributed by atoms with Crippen molar-refractivity contribution in [1.82, 2.24) is 4.90 Å². The highest BCUT2D eigenvalue weighted by Crippen LogP contribution is 2.17. The standard InChI is InChI=1S/C13H21N3OS/c1-4-12(8-18-3)16(2)13(17)9-5-10(14)7-11(15)6-9/h5-7,12H,4,8,14-15H2,1-3H3. The smallest absolute Gasteiger partial charge is 0.254 e. The van der Waals surface area contributed by atoms with Gasteiger partial charge < -0.3 is 16.4 Å². The number of benzene rings is 1. The van der Waals surface area contributed by atoms with E-state index >= 15 is 0 Å². The second-order valence-corrected chi connectivity index (χ2v) is 5.23. The number of hydrogen-bond acceptors (Lipinski definition) is 4. The van der Waals surface area contributed by atoms with Crippen LogP contribution in [0.5, 0.6) is 0 Å². The Balaban J connectivity index is 2.91. The predicted octanol–water partition coefficient (Wildman–Crippen LogP) is 2.06. The van der Waals surface area contributed by atoms with Gasteiger partial charge in [-0.3, -0.25) is 4.79 Å². The van der Waals surface area contributed by atoms with Crippen molar-refractivity contribution in [3.63, 3.8) is 0 Å². The van der Waals surface area contributed by atoms with Crippen LogP contribution < -0.4 is 11.5 Å². The fraction of sp³-hybridized carbons (Fsp3) is 0.462. The molecule has 0 heterocycles. The maximum Gasteiger partial charge on any atom is 0.254 e. The quantitative estimate of drug-likeness (QED) is 0.801. The number of rotatable bonds is 5. The summed E-state index contributed by atoms with van der Waals surface area (Å²) < 4.78 is 0. The Hall–Kier alpha value is -1.36. The molecule has 1 aromatic carbocycles.